The van der Waals surface area contributed by atoms with Crippen LogP contribution in [0.2, 0.25) is 0 Å². The van der Waals surface area contributed by atoms with Crippen LogP contribution in [-0.4, -0.2) is 49.7 Å². The number of rotatable bonds is 5. The molecule has 0 spiro atoms. The van der Waals surface area contributed by atoms with Gasteiger partial charge in [0.25, 0.3) is 10.1 Å². The first-order valence-electron chi connectivity index (χ1n) is 3.99. The zero-order valence-electron chi connectivity index (χ0n) is 8.69. The Labute approximate surface area is 96.1 Å². The van der Waals surface area contributed by atoms with Gasteiger partial charge in [0, 0.05) is 25.3 Å². The predicted octanol–water partition coefficient (Wildman–Crippen LogP) is 0.225. The van der Waals surface area contributed by atoms with Gasteiger partial charge in [-0.25, -0.2) is 0 Å². The minimum Gasteiger partial charge on any atom is -0.464 e. The molecule has 1 atom stereocenters. The van der Waals surface area contributed by atoms with Crippen LogP contribution in [0.1, 0.15) is 26.7 Å². The summed E-state index contributed by atoms with van der Waals surface area (Å²) >= 11 is 0. The van der Waals surface area contributed by atoms with Gasteiger partial charge in [0.2, 0.25) is 0 Å². The van der Waals surface area contributed by atoms with E-state index < -0.39 is 21.3 Å². The Hall–Kier alpha value is -0.0226. The first kappa shape index (κ1) is 16.4. The molecule has 0 rings (SSSR count). The van der Waals surface area contributed by atoms with Crippen LogP contribution in [-0.2, 0) is 19.6 Å². The van der Waals surface area contributed by atoms with Crippen LogP contribution in [0.5, 0.6) is 0 Å². The van der Waals surface area contributed by atoms with Crippen LogP contribution < -0.4 is 0 Å². The summed E-state index contributed by atoms with van der Waals surface area (Å²) < 4.78 is 34.0. The van der Waals surface area contributed by atoms with Gasteiger partial charge in [-0.05, 0) is 13.3 Å². The van der Waals surface area contributed by atoms with E-state index in [4.69, 9.17) is 4.55 Å². The average molecular weight is 217 g/mol. The van der Waals surface area contributed by atoms with Crippen molar-refractivity contribution >= 4 is 34.9 Å². The van der Waals surface area contributed by atoms with Gasteiger partial charge in [-0.3, -0.25) is 9.35 Å². The molecule has 7 heteroatoms. The molecular weight excluding hydrogens is 203 g/mol. The molecule has 0 aliphatic heterocycles. The molecule has 0 aliphatic rings. The van der Waals surface area contributed by atoms with Crippen molar-refractivity contribution in [3.8, 4) is 0 Å². The Bertz CT molecular complexity index is 261. The number of esters is 1. The topological polar surface area (TPSA) is 80.7 Å². The van der Waals surface area contributed by atoms with Crippen molar-refractivity contribution in [2.24, 2.45) is 0 Å². The molecule has 0 aromatic rings. The van der Waals surface area contributed by atoms with Crippen LogP contribution in [0, 0.1) is 0 Å². The van der Waals surface area contributed by atoms with Crippen molar-refractivity contribution < 1.29 is 22.5 Å². The molecule has 79 valence electrons. The minimum atomic E-state index is -4.09. The minimum absolute atomic E-state index is 0. The Kier molecular flexibility index (Phi) is 8.55. The van der Waals surface area contributed by atoms with Gasteiger partial charge in [0.1, 0.15) is 11.9 Å². The Morgan fingerprint density at radius 2 is 2.00 bits per heavy atom. The quantitative estimate of drug-likeness (QED) is 0.405. The van der Waals surface area contributed by atoms with Crippen LogP contribution in [0.4, 0.5) is 0 Å². The SMILES string of the molecule is CCCC(=O)OCC(C)S(=O)(=O)O.[Li]. The van der Waals surface area contributed by atoms with Crippen LogP contribution in [0.25, 0.3) is 0 Å². The van der Waals surface area contributed by atoms with E-state index in [2.05, 4.69) is 4.74 Å². The van der Waals surface area contributed by atoms with E-state index in [0.717, 1.165) is 0 Å². The van der Waals surface area contributed by atoms with Crippen molar-refractivity contribution in [1.29, 1.82) is 0 Å². The first-order valence-corrected chi connectivity index (χ1v) is 5.50. The maximum Gasteiger partial charge on any atom is 0.305 e. The summed E-state index contributed by atoms with van der Waals surface area (Å²) in [5.41, 5.74) is 0. The van der Waals surface area contributed by atoms with Crippen molar-refractivity contribution in [3.63, 3.8) is 0 Å². The number of hydrogen-bond acceptors (Lipinski definition) is 4. The molecule has 0 fully saturated rings. The molecule has 5 nitrogen and oxygen atoms in total. The van der Waals surface area contributed by atoms with Gasteiger partial charge >= 0.3 is 5.97 Å². The average Bonchev–Trinajstić information content (AvgIpc) is 1.99. The summed E-state index contributed by atoms with van der Waals surface area (Å²) in [7, 11) is -4.09. The molecule has 14 heavy (non-hydrogen) atoms. The zero-order chi connectivity index (χ0) is 10.5. The molecule has 1 radical (unpaired) electrons. The van der Waals surface area contributed by atoms with Gasteiger partial charge in [0.15, 0.2) is 0 Å². The van der Waals surface area contributed by atoms with Crippen molar-refractivity contribution in [1.82, 2.24) is 0 Å². The normalized spacial score (nSPS) is 12.8. The van der Waals surface area contributed by atoms with Crippen molar-refractivity contribution in [3.05, 3.63) is 0 Å². The molecule has 0 heterocycles. The van der Waals surface area contributed by atoms with Crippen LogP contribution >= 0.6 is 0 Å². The third-order valence-electron chi connectivity index (χ3n) is 1.44. The molecule has 1 N–H and O–H groups in total. The number of carbonyl (C=O) groups excluding carboxylic acids is 1. The monoisotopic (exact) mass is 217 g/mol. The summed E-state index contributed by atoms with van der Waals surface area (Å²) in [6, 6.07) is 0. The van der Waals surface area contributed by atoms with E-state index in [1.165, 1.54) is 6.92 Å². The van der Waals surface area contributed by atoms with E-state index in [9.17, 15) is 13.2 Å². The molecule has 1 unspecified atom stereocenters. The second kappa shape index (κ2) is 7.29. The summed E-state index contributed by atoms with van der Waals surface area (Å²) in [5, 5.41) is -1.06. The van der Waals surface area contributed by atoms with Gasteiger partial charge in [-0.2, -0.15) is 8.42 Å². The van der Waals surface area contributed by atoms with Gasteiger partial charge < -0.3 is 4.74 Å². The summed E-state index contributed by atoms with van der Waals surface area (Å²) in [4.78, 5) is 10.8. The molecule has 0 amide bonds. The number of ether oxygens (including phenoxy) is 1. The third-order valence-corrected chi connectivity index (χ3v) is 2.59. The Balaban J connectivity index is 0. The van der Waals surface area contributed by atoms with Gasteiger partial charge in [-0.1, -0.05) is 6.92 Å². The Morgan fingerprint density at radius 1 is 1.50 bits per heavy atom. The van der Waals surface area contributed by atoms with Gasteiger partial charge in [0.05, 0.1) is 0 Å². The number of hydrogen-bond donors (Lipinski definition) is 1. The van der Waals surface area contributed by atoms with E-state index >= 15 is 0 Å². The maximum absolute atomic E-state index is 10.8. The van der Waals surface area contributed by atoms with Crippen molar-refractivity contribution in [2.45, 2.75) is 31.9 Å². The molecular formula is C7H14LiO5S. The van der Waals surface area contributed by atoms with Crippen LogP contribution in [0.15, 0.2) is 0 Å². The summed E-state index contributed by atoms with van der Waals surface area (Å²) in [5.74, 6) is -0.446. The molecule has 0 aliphatic carbocycles. The van der Waals surface area contributed by atoms with E-state index in [-0.39, 0.29) is 31.9 Å². The smallest absolute Gasteiger partial charge is 0.305 e. The van der Waals surface area contributed by atoms with E-state index in [0.29, 0.717) is 6.42 Å². The standard InChI is InChI=1S/C7H14O5S.Li/c1-3-4-7(8)12-5-6(2)13(9,10)11;/h6H,3-5H2,1-2H3,(H,9,10,11);. The van der Waals surface area contributed by atoms with Crippen molar-refractivity contribution in [2.75, 3.05) is 6.61 Å². The Morgan fingerprint density at radius 3 is 2.36 bits per heavy atom. The maximum atomic E-state index is 10.8. The third kappa shape index (κ3) is 7.39. The molecule has 0 bridgehead atoms. The van der Waals surface area contributed by atoms with E-state index in [1.54, 1.807) is 0 Å². The first-order chi connectivity index (χ1) is 5.88. The fraction of sp³-hybridized carbons (Fsp3) is 0.857. The fourth-order valence-corrected chi connectivity index (χ4v) is 0.813. The summed E-state index contributed by atoms with van der Waals surface area (Å²) in [6.45, 7) is 2.79. The van der Waals surface area contributed by atoms with E-state index in [1.807, 2.05) is 6.92 Å². The second-order valence-corrected chi connectivity index (χ2v) is 4.59. The molecule has 0 aromatic carbocycles. The molecule has 0 aromatic heterocycles. The fourth-order valence-electron chi connectivity index (χ4n) is 0.573. The van der Waals surface area contributed by atoms with Crippen LogP contribution in [0.3, 0.4) is 0 Å². The zero-order valence-corrected chi connectivity index (χ0v) is 9.50. The number of carbonyl (C=O) groups is 1. The largest absolute Gasteiger partial charge is 0.464 e. The molecule has 0 saturated carbocycles. The predicted molar refractivity (Wildman–Crippen MR) is 52.6 cm³/mol. The second-order valence-electron chi connectivity index (χ2n) is 2.76. The molecule has 0 saturated heterocycles. The van der Waals surface area contributed by atoms with Gasteiger partial charge in [-0.15, -0.1) is 0 Å². The summed E-state index contributed by atoms with van der Waals surface area (Å²) in [6.07, 6.45) is 0.914.